The van der Waals surface area contributed by atoms with E-state index in [1.807, 2.05) is 30.3 Å². The number of fused-ring (bicyclic) bond motifs is 1. The van der Waals surface area contributed by atoms with Crippen LogP contribution in [0.4, 0.5) is 5.69 Å². The Labute approximate surface area is 201 Å². The van der Waals surface area contributed by atoms with Gasteiger partial charge in [0.05, 0.1) is 23.1 Å². The summed E-state index contributed by atoms with van der Waals surface area (Å²) in [6, 6.07) is 22.6. The van der Waals surface area contributed by atoms with Gasteiger partial charge in [0.15, 0.2) is 0 Å². The molecule has 0 spiro atoms. The summed E-state index contributed by atoms with van der Waals surface area (Å²) in [5.74, 6) is -0.879. The van der Waals surface area contributed by atoms with Gasteiger partial charge in [-0.25, -0.2) is 9.59 Å². The average Bonchev–Trinajstić information content (AvgIpc) is 2.88. The molecule has 0 aliphatic rings. The van der Waals surface area contributed by atoms with E-state index >= 15 is 0 Å². The summed E-state index contributed by atoms with van der Waals surface area (Å²) in [6.45, 7) is 1.92. The van der Waals surface area contributed by atoms with Crippen LogP contribution < -0.4 is 16.6 Å². The number of rotatable bonds is 8. The van der Waals surface area contributed by atoms with Crippen LogP contribution in [-0.4, -0.2) is 27.6 Å². The van der Waals surface area contributed by atoms with E-state index in [1.54, 1.807) is 55.5 Å². The van der Waals surface area contributed by atoms with Crippen molar-refractivity contribution in [1.82, 2.24) is 9.13 Å². The van der Waals surface area contributed by atoms with E-state index in [9.17, 15) is 19.2 Å². The number of aromatic nitrogens is 2. The number of hydrogen-bond acceptors (Lipinski definition) is 5. The molecular weight excluding hydrogens is 446 g/mol. The molecule has 4 aromatic rings. The van der Waals surface area contributed by atoms with Gasteiger partial charge in [0.2, 0.25) is 5.91 Å². The van der Waals surface area contributed by atoms with Crippen molar-refractivity contribution in [3.63, 3.8) is 0 Å². The number of esters is 1. The maximum absolute atomic E-state index is 13.3. The number of anilines is 1. The Hall–Kier alpha value is -4.46. The molecule has 1 aromatic heterocycles. The summed E-state index contributed by atoms with van der Waals surface area (Å²) in [6.07, 6.45) is 0.507. The van der Waals surface area contributed by atoms with Crippen LogP contribution in [0.3, 0.4) is 0 Å². The number of carbonyl (C=O) groups excluding carboxylic acids is 2. The highest BCUT2D eigenvalue weighted by Crippen LogP contribution is 2.12. The fourth-order valence-electron chi connectivity index (χ4n) is 3.85. The van der Waals surface area contributed by atoms with Crippen molar-refractivity contribution in [2.24, 2.45) is 0 Å². The second-order valence-electron chi connectivity index (χ2n) is 7.92. The minimum absolute atomic E-state index is 0.198. The van der Waals surface area contributed by atoms with Crippen LogP contribution in [0, 0.1) is 0 Å². The van der Waals surface area contributed by atoms with E-state index in [0.29, 0.717) is 28.6 Å². The first-order valence-corrected chi connectivity index (χ1v) is 11.3. The Bertz CT molecular complexity index is 1470. The maximum atomic E-state index is 13.3. The fraction of sp³-hybridized carbons (Fsp3) is 0.185. The lowest BCUT2D eigenvalue weighted by Crippen LogP contribution is -2.42. The number of carbonyl (C=O) groups is 2. The fourth-order valence-corrected chi connectivity index (χ4v) is 3.85. The second kappa shape index (κ2) is 10.6. The number of nitrogens with one attached hydrogen (secondary N) is 1. The average molecular weight is 472 g/mol. The minimum Gasteiger partial charge on any atom is -0.462 e. The molecule has 1 heterocycles. The highest BCUT2D eigenvalue weighted by molar-refractivity contribution is 5.93. The van der Waals surface area contributed by atoms with Gasteiger partial charge in [0, 0.05) is 12.2 Å². The third-order valence-electron chi connectivity index (χ3n) is 5.58. The normalized spacial score (nSPS) is 10.8. The van der Waals surface area contributed by atoms with Crippen molar-refractivity contribution in [3.8, 4) is 0 Å². The van der Waals surface area contributed by atoms with Crippen molar-refractivity contribution in [2.45, 2.75) is 26.4 Å². The van der Waals surface area contributed by atoms with Gasteiger partial charge < -0.3 is 10.1 Å². The third-order valence-corrected chi connectivity index (χ3v) is 5.58. The van der Waals surface area contributed by atoms with Crippen LogP contribution in [0.15, 0.2) is 88.5 Å². The van der Waals surface area contributed by atoms with E-state index in [4.69, 9.17) is 4.74 Å². The number of para-hydroxylation sites is 1. The topological polar surface area (TPSA) is 99.4 Å². The lowest BCUT2D eigenvalue weighted by atomic mass is 10.1. The lowest BCUT2D eigenvalue weighted by molar-refractivity contribution is -0.116. The standard InChI is InChI=1S/C27H25N3O5/c1-2-35-26(33)20-12-14-21(15-13-20)28-24(31)18-30-23-11-7-6-10-22(23)25(32)29(27(30)34)17-16-19-8-4-3-5-9-19/h3-15H,2,16-18H2,1H3,(H,28,31). The molecule has 0 aliphatic heterocycles. The lowest BCUT2D eigenvalue weighted by Gasteiger charge is -2.14. The molecule has 0 bridgehead atoms. The van der Waals surface area contributed by atoms with Gasteiger partial charge >= 0.3 is 11.7 Å². The van der Waals surface area contributed by atoms with Crippen molar-refractivity contribution >= 4 is 28.5 Å². The molecule has 8 heteroatoms. The number of aryl methyl sites for hydroxylation is 1. The molecule has 4 rings (SSSR count). The maximum Gasteiger partial charge on any atom is 0.338 e. The molecular formula is C27H25N3O5. The zero-order valence-electron chi connectivity index (χ0n) is 19.3. The van der Waals surface area contributed by atoms with Gasteiger partial charge in [-0.15, -0.1) is 0 Å². The Morgan fingerprint density at radius 1 is 0.857 bits per heavy atom. The molecule has 0 saturated carbocycles. The van der Waals surface area contributed by atoms with Gasteiger partial charge in [-0.2, -0.15) is 0 Å². The molecule has 3 aromatic carbocycles. The number of benzene rings is 3. The molecule has 35 heavy (non-hydrogen) atoms. The van der Waals surface area contributed by atoms with E-state index in [0.717, 1.165) is 5.56 Å². The van der Waals surface area contributed by atoms with Crippen molar-refractivity contribution in [3.05, 3.63) is 111 Å². The van der Waals surface area contributed by atoms with Crippen LogP contribution in [0.2, 0.25) is 0 Å². The van der Waals surface area contributed by atoms with E-state index in [2.05, 4.69) is 5.32 Å². The largest absolute Gasteiger partial charge is 0.462 e. The van der Waals surface area contributed by atoms with Crippen LogP contribution in [0.5, 0.6) is 0 Å². The smallest absolute Gasteiger partial charge is 0.338 e. The van der Waals surface area contributed by atoms with E-state index < -0.39 is 17.6 Å². The Morgan fingerprint density at radius 2 is 1.54 bits per heavy atom. The highest BCUT2D eigenvalue weighted by Gasteiger charge is 2.16. The Balaban J connectivity index is 1.59. The van der Waals surface area contributed by atoms with E-state index in [-0.39, 0.29) is 25.3 Å². The Kier molecular flexibility index (Phi) is 7.21. The first-order chi connectivity index (χ1) is 17.0. The summed E-state index contributed by atoms with van der Waals surface area (Å²) >= 11 is 0. The molecule has 1 N–H and O–H groups in total. The van der Waals surface area contributed by atoms with E-state index in [1.165, 1.54) is 9.13 Å². The quantitative estimate of drug-likeness (QED) is 0.398. The SMILES string of the molecule is CCOC(=O)c1ccc(NC(=O)Cn2c(=O)n(CCc3ccccc3)c(=O)c3ccccc32)cc1. The first kappa shape index (κ1) is 23.7. The Morgan fingerprint density at radius 3 is 2.26 bits per heavy atom. The third kappa shape index (κ3) is 5.38. The molecule has 0 radical (unpaired) electrons. The predicted molar refractivity (Wildman–Crippen MR) is 134 cm³/mol. The zero-order valence-corrected chi connectivity index (χ0v) is 19.3. The molecule has 0 atom stereocenters. The number of hydrogen-bond donors (Lipinski definition) is 1. The molecule has 0 saturated heterocycles. The first-order valence-electron chi connectivity index (χ1n) is 11.3. The monoisotopic (exact) mass is 471 g/mol. The summed E-state index contributed by atoms with van der Waals surface area (Å²) in [5, 5.41) is 3.10. The van der Waals surface area contributed by atoms with Gasteiger partial charge in [-0.1, -0.05) is 42.5 Å². The molecule has 1 amide bonds. The van der Waals surface area contributed by atoms with Crippen LogP contribution >= 0.6 is 0 Å². The summed E-state index contributed by atoms with van der Waals surface area (Å²) < 4.78 is 7.45. The van der Waals surface area contributed by atoms with Gasteiger partial charge in [0.1, 0.15) is 6.54 Å². The van der Waals surface area contributed by atoms with Gasteiger partial charge in [-0.05, 0) is 55.3 Å². The van der Waals surface area contributed by atoms with Gasteiger partial charge in [-0.3, -0.25) is 18.7 Å². The molecule has 0 fully saturated rings. The van der Waals surface area contributed by atoms with Crippen molar-refractivity contribution in [1.29, 1.82) is 0 Å². The number of nitrogens with zero attached hydrogens (tertiary/aromatic N) is 2. The van der Waals surface area contributed by atoms with Gasteiger partial charge in [0.25, 0.3) is 5.56 Å². The van der Waals surface area contributed by atoms with Crippen LogP contribution in [0.25, 0.3) is 10.9 Å². The zero-order chi connectivity index (χ0) is 24.8. The van der Waals surface area contributed by atoms with Crippen LogP contribution in [-0.2, 0) is 29.0 Å². The number of amides is 1. The molecule has 0 aliphatic carbocycles. The second-order valence-corrected chi connectivity index (χ2v) is 7.92. The molecule has 0 unspecified atom stereocenters. The highest BCUT2D eigenvalue weighted by atomic mass is 16.5. The molecule has 8 nitrogen and oxygen atoms in total. The van der Waals surface area contributed by atoms with Crippen molar-refractivity contribution in [2.75, 3.05) is 11.9 Å². The van der Waals surface area contributed by atoms with Crippen molar-refractivity contribution < 1.29 is 14.3 Å². The summed E-state index contributed by atoms with van der Waals surface area (Å²) in [5.41, 5.74) is 1.31. The minimum atomic E-state index is -0.544. The number of ether oxygens (including phenoxy) is 1. The predicted octanol–water partition coefficient (Wildman–Crippen LogP) is 3.22. The molecule has 178 valence electrons. The summed E-state index contributed by atoms with van der Waals surface area (Å²) in [4.78, 5) is 51.0. The van der Waals surface area contributed by atoms with Crippen LogP contribution in [0.1, 0.15) is 22.8 Å². The summed E-state index contributed by atoms with van der Waals surface area (Å²) in [7, 11) is 0.